The third-order valence-corrected chi connectivity index (χ3v) is 4.26. The van der Waals surface area contributed by atoms with Crippen LogP contribution in [0.1, 0.15) is 34.5 Å². The summed E-state index contributed by atoms with van der Waals surface area (Å²) in [6.07, 6.45) is 3.65. The number of nitrogens with zero attached hydrogens (tertiary/aromatic N) is 1. The van der Waals surface area contributed by atoms with Crippen molar-refractivity contribution in [1.29, 1.82) is 0 Å². The maximum Gasteiger partial charge on any atom is 0.248 e. The van der Waals surface area contributed by atoms with Crippen LogP contribution in [0.5, 0.6) is 0 Å². The highest BCUT2D eigenvalue weighted by Gasteiger charge is 2.06. The van der Waals surface area contributed by atoms with Crippen LogP contribution in [0, 0.1) is 0 Å². The normalized spacial score (nSPS) is 11.9. The van der Waals surface area contributed by atoms with Gasteiger partial charge in [0.05, 0.1) is 0 Å². The monoisotopic (exact) mass is 331 g/mol. The molecule has 0 saturated carbocycles. The Morgan fingerprint density at radius 2 is 1.76 bits per heavy atom. The zero-order chi connectivity index (χ0) is 17.6. The van der Waals surface area contributed by atoms with Crippen LogP contribution in [0.4, 0.5) is 0 Å². The van der Waals surface area contributed by atoms with Gasteiger partial charge >= 0.3 is 0 Å². The number of pyridine rings is 1. The molecule has 0 bridgehead atoms. The first-order chi connectivity index (χ1) is 12.1. The second kappa shape index (κ2) is 7.73. The van der Waals surface area contributed by atoms with Gasteiger partial charge in [0.2, 0.25) is 5.91 Å². The molecular weight excluding hydrogens is 310 g/mol. The van der Waals surface area contributed by atoms with Gasteiger partial charge in [0, 0.05) is 30.5 Å². The summed E-state index contributed by atoms with van der Waals surface area (Å²) in [4.78, 5) is 15.3. The summed E-state index contributed by atoms with van der Waals surface area (Å²) >= 11 is 0. The van der Waals surface area contributed by atoms with Gasteiger partial charge in [0.15, 0.2) is 0 Å². The van der Waals surface area contributed by atoms with Crippen molar-refractivity contribution in [2.24, 2.45) is 5.73 Å². The van der Waals surface area contributed by atoms with Crippen molar-refractivity contribution in [3.05, 3.63) is 89.7 Å². The van der Waals surface area contributed by atoms with E-state index in [4.69, 9.17) is 5.73 Å². The Hall–Kier alpha value is -2.98. The highest BCUT2D eigenvalue weighted by Crippen LogP contribution is 2.21. The molecule has 1 heterocycles. The van der Waals surface area contributed by atoms with E-state index in [1.54, 1.807) is 18.3 Å². The summed E-state index contributed by atoms with van der Waals surface area (Å²) in [7, 11) is 0. The van der Waals surface area contributed by atoms with E-state index in [0.29, 0.717) is 5.56 Å². The minimum absolute atomic E-state index is 0.221. The molecule has 1 amide bonds. The lowest BCUT2D eigenvalue weighted by atomic mass is 10.0. The lowest BCUT2D eigenvalue weighted by Crippen LogP contribution is -2.18. The molecule has 4 nitrogen and oxygen atoms in total. The van der Waals surface area contributed by atoms with Crippen molar-refractivity contribution < 1.29 is 4.79 Å². The molecule has 3 N–H and O–H groups in total. The van der Waals surface area contributed by atoms with Gasteiger partial charge in [-0.15, -0.1) is 0 Å². The van der Waals surface area contributed by atoms with Crippen molar-refractivity contribution in [1.82, 2.24) is 10.3 Å². The van der Waals surface area contributed by atoms with E-state index in [1.807, 2.05) is 24.4 Å². The summed E-state index contributed by atoms with van der Waals surface area (Å²) < 4.78 is 0. The van der Waals surface area contributed by atoms with Gasteiger partial charge in [-0.1, -0.05) is 42.5 Å². The smallest absolute Gasteiger partial charge is 0.248 e. The van der Waals surface area contributed by atoms with Crippen LogP contribution in [0.2, 0.25) is 0 Å². The average molecular weight is 331 g/mol. The number of carbonyl (C=O) groups excluding carboxylic acids is 1. The zero-order valence-corrected chi connectivity index (χ0v) is 14.1. The third-order valence-electron chi connectivity index (χ3n) is 4.26. The predicted molar refractivity (Wildman–Crippen MR) is 99.9 cm³/mol. The minimum atomic E-state index is -0.401. The molecule has 0 radical (unpaired) electrons. The van der Waals surface area contributed by atoms with Crippen LogP contribution >= 0.6 is 0 Å². The van der Waals surface area contributed by atoms with Crippen LogP contribution in [-0.2, 0) is 6.54 Å². The highest BCUT2D eigenvalue weighted by molar-refractivity contribution is 5.92. The van der Waals surface area contributed by atoms with Gasteiger partial charge in [0.25, 0.3) is 0 Å². The van der Waals surface area contributed by atoms with E-state index in [9.17, 15) is 4.79 Å². The van der Waals surface area contributed by atoms with Gasteiger partial charge in [-0.2, -0.15) is 0 Å². The Bertz CT molecular complexity index is 827. The molecule has 0 unspecified atom stereocenters. The van der Waals surface area contributed by atoms with Crippen LogP contribution in [0.25, 0.3) is 11.1 Å². The molecule has 0 aliphatic heterocycles. The van der Waals surface area contributed by atoms with Crippen LogP contribution in [0.3, 0.4) is 0 Å². The predicted octanol–water partition coefficient (Wildman–Crippen LogP) is 3.70. The highest BCUT2D eigenvalue weighted by atomic mass is 16.1. The fourth-order valence-corrected chi connectivity index (χ4v) is 2.67. The number of rotatable bonds is 6. The topological polar surface area (TPSA) is 68.0 Å². The number of nitrogens with two attached hydrogens (primary N) is 1. The maximum atomic E-state index is 11.1. The number of benzene rings is 2. The number of nitrogens with one attached hydrogen (secondary N) is 1. The van der Waals surface area contributed by atoms with E-state index in [-0.39, 0.29) is 6.04 Å². The number of carbonyl (C=O) groups is 1. The lowest BCUT2D eigenvalue weighted by molar-refractivity contribution is 0.100. The van der Waals surface area contributed by atoms with Crippen LogP contribution in [0.15, 0.2) is 73.1 Å². The molecular formula is C21H21N3O. The van der Waals surface area contributed by atoms with Crippen molar-refractivity contribution in [2.75, 3.05) is 0 Å². The molecule has 2 aromatic carbocycles. The van der Waals surface area contributed by atoms with Crippen molar-refractivity contribution in [3.8, 4) is 11.1 Å². The number of hydrogen-bond donors (Lipinski definition) is 2. The quantitative estimate of drug-likeness (QED) is 0.724. The van der Waals surface area contributed by atoms with E-state index in [1.165, 1.54) is 5.56 Å². The Balaban J connectivity index is 1.61. The Labute approximate surface area is 147 Å². The van der Waals surface area contributed by atoms with E-state index in [2.05, 4.69) is 47.6 Å². The number of amides is 1. The van der Waals surface area contributed by atoms with Gasteiger partial charge in [-0.25, -0.2) is 0 Å². The summed E-state index contributed by atoms with van der Waals surface area (Å²) in [5.41, 5.74) is 10.4. The fraction of sp³-hybridized carbons (Fsp3) is 0.143. The second-order valence-corrected chi connectivity index (χ2v) is 6.03. The third kappa shape index (κ3) is 4.31. The van der Waals surface area contributed by atoms with E-state index in [0.717, 1.165) is 23.2 Å². The largest absolute Gasteiger partial charge is 0.366 e. The molecule has 0 fully saturated rings. The summed E-state index contributed by atoms with van der Waals surface area (Å²) in [6.45, 7) is 2.86. The number of primary amides is 1. The van der Waals surface area contributed by atoms with Gasteiger partial charge in [0.1, 0.15) is 0 Å². The molecule has 0 aliphatic carbocycles. The summed E-state index contributed by atoms with van der Waals surface area (Å²) in [6, 6.07) is 20.1. The Morgan fingerprint density at radius 3 is 2.36 bits per heavy atom. The molecule has 25 heavy (non-hydrogen) atoms. The van der Waals surface area contributed by atoms with E-state index >= 15 is 0 Å². The standard InChI is InChI=1S/C21H21N3O/c1-15(24-13-16-4-6-19(7-5-16)21(22)25)17-8-10-18(11-9-17)20-3-2-12-23-14-20/h2-12,14-15,24H,13H2,1H3,(H2,22,25)/t15-/m0/s1. The first-order valence-corrected chi connectivity index (χ1v) is 8.26. The number of hydrogen-bond acceptors (Lipinski definition) is 3. The van der Waals surface area contributed by atoms with Crippen molar-refractivity contribution in [3.63, 3.8) is 0 Å². The molecule has 1 atom stereocenters. The SMILES string of the molecule is C[C@H](NCc1ccc(C(N)=O)cc1)c1ccc(-c2cccnc2)cc1. The summed E-state index contributed by atoms with van der Waals surface area (Å²) in [5.74, 6) is -0.401. The number of aromatic nitrogens is 1. The molecule has 0 spiro atoms. The summed E-state index contributed by atoms with van der Waals surface area (Å²) in [5, 5.41) is 3.49. The second-order valence-electron chi connectivity index (χ2n) is 6.03. The maximum absolute atomic E-state index is 11.1. The molecule has 0 saturated heterocycles. The molecule has 1 aromatic heterocycles. The van der Waals surface area contributed by atoms with Gasteiger partial charge in [-0.3, -0.25) is 9.78 Å². The average Bonchev–Trinajstić information content (AvgIpc) is 2.67. The lowest BCUT2D eigenvalue weighted by Gasteiger charge is -2.15. The molecule has 3 aromatic rings. The zero-order valence-electron chi connectivity index (χ0n) is 14.1. The van der Waals surface area contributed by atoms with Gasteiger partial charge < -0.3 is 11.1 Å². The van der Waals surface area contributed by atoms with Crippen LogP contribution < -0.4 is 11.1 Å². The van der Waals surface area contributed by atoms with E-state index < -0.39 is 5.91 Å². The first-order valence-electron chi connectivity index (χ1n) is 8.26. The Morgan fingerprint density at radius 1 is 1.04 bits per heavy atom. The molecule has 126 valence electrons. The van der Waals surface area contributed by atoms with Crippen LogP contribution in [-0.4, -0.2) is 10.9 Å². The molecule has 4 heteroatoms. The molecule has 0 aliphatic rings. The fourth-order valence-electron chi connectivity index (χ4n) is 2.67. The Kier molecular flexibility index (Phi) is 5.21. The molecule has 3 rings (SSSR count). The van der Waals surface area contributed by atoms with Crippen molar-refractivity contribution in [2.45, 2.75) is 19.5 Å². The minimum Gasteiger partial charge on any atom is -0.366 e. The first kappa shape index (κ1) is 16.9. The van der Waals surface area contributed by atoms with Gasteiger partial charge in [-0.05, 0) is 47.4 Å². The van der Waals surface area contributed by atoms with Crippen molar-refractivity contribution >= 4 is 5.91 Å².